The Bertz CT molecular complexity index is 766. The summed E-state index contributed by atoms with van der Waals surface area (Å²) in [5.41, 5.74) is 3.62. The van der Waals surface area contributed by atoms with Crippen LogP contribution in [0.2, 0.25) is 5.02 Å². The first-order valence-electron chi connectivity index (χ1n) is 6.26. The van der Waals surface area contributed by atoms with Gasteiger partial charge in [-0.15, -0.1) is 0 Å². The molecule has 0 bridgehead atoms. The monoisotopic (exact) mass is 281 g/mol. The van der Waals surface area contributed by atoms with Crippen molar-refractivity contribution in [3.8, 4) is 6.07 Å². The van der Waals surface area contributed by atoms with Gasteiger partial charge in [0.1, 0.15) is 6.07 Å². The van der Waals surface area contributed by atoms with Crippen molar-refractivity contribution in [1.29, 1.82) is 5.26 Å². The summed E-state index contributed by atoms with van der Waals surface area (Å²) in [5.74, 6) is 0. The van der Waals surface area contributed by atoms with Crippen LogP contribution in [0.4, 0.5) is 5.69 Å². The Hall–Kier alpha value is -2.44. The number of nitriles is 1. The first kappa shape index (κ1) is 12.6. The summed E-state index contributed by atoms with van der Waals surface area (Å²) in [4.78, 5) is 3.36. The highest BCUT2D eigenvalue weighted by atomic mass is 35.5. The van der Waals surface area contributed by atoms with Crippen molar-refractivity contribution in [2.24, 2.45) is 0 Å². The Kier molecular flexibility index (Phi) is 3.32. The summed E-state index contributed by atoms with van der Waals surface area (Å²) >= 11 is 6.01. The van der Waals surface area contributed by atoms with Gasteiger partial charge in [0.2, 0.25) is 0 Å². The number of halogens is 1. The van der Waals surface area contributed by atoms with Gasteiger partial charge in [0.15, 0.2) is 0 Å². The smallest absolute Gasteiger partial charge is 0.101 e. The van der Waals surface area contributed by atoms with Crippen molar-refractivity contribution >= 4 is 28.2 Å². The number of hydrogen-bond donors (Lipinski definition) is 2. The third-order valence-electron chi connectivity index (χ3n) is 3.16. The molecule has 3 nitrogen and oxygen atoms in total. The summed E-state index contributed by atoms with van der Waals surface area (Å²) in [5, 5.41) is 13.8. The quantitative estimate of drug-likeness (QED) is 0.752. The fourth-order valence-electron chi connectivity index (χ4n) is 2.14. The van der Waals surface area contributed by atoms with E-state index in [1.54, 1.807) is 12.1 Å². The molecule has 0 saturated heterocycles. The molecule has 2 N–H and O–H groups in total. The average Bonchev–Trinajstić information content (AvgIpc) is 2.88. The highest BCUT2D eigenvalue weighted by Gasteiger charge is 2.02. The molecule has 0 spiro atoms. The maximum absolute atomic E-state index is 8.84. The predicted molar refractivity (Wildman–Crippen MR) is 81.8 cm³/mol. The fraction of sp³-hybridized carbons (Fsp3) is 0.0625. The highest BCUT2D eigenvalue weighted by molar-refractivity contribution is 6.32. The first-order valence-corrected chi connectivity index (χ1v) is 6.64. The average molecular weight is 282 g/mol. The number of rotatable bonds is 3. The van der Waals surface area contributed by atoms with E-state index in [1.807, 2.05) is 24.3 Å². The number of para-hydroxylation sites is 1. The molecule has 0 atom stereocenters. The number of aromatic amines is 1. The van der Waals surface area contributed by atoms with Crippen LogP contribution < -0.4 is 5.32 Å². The lowest BCUT2D eigenvalue weighted by Crippen LogP contribution is -1.99. The SMILES string of the molecule is N#Cc1ccc(NCc2cc3ccccc3[nH]2)cc1Cl. The molecule has 0 aliphatic carbocycles. The standard InChI is InChI=1S/C16H12ClN3/c17-15-8-13(6-5-12(15)9-18)19-10-14-7-11-3-1-2-4-16(11)20-14/h1-8,19-20H,10H2. The molecular formula is C16H12ClN3. The Morgan fingerprint density at radius 3 is 2.75 bits per heavy atom. The van der Waals surface area contributed by atoms with E-state index in [2.05, 4.69) is 28.5 Å². The van der Waals surface area contributed by atoms with E-state index in [4.69, 9.17) is 16.9 Å². The van der Waals surface area contributed by atoms with Crippen molar-refractivity contribution in [2.45, 2.75) is 6.54 Å². The van der Waals surface area contributed by atoms with Gasteiger partial charge in [-0.25, -0.2) is 0 Å². The lowest BCUT2D eigenvalue weighted by atomic mass is 10.2. The zero-order valence-corrected chi connectivity index (χ0v) is 11.4. The lowest BCUT2D eigenvalue weighted by molar-refractivity contribution is 1.09. The van der Waals surface area contributed by atoms with Crippen molar-refractivity contribution in [1.82, 2.24) is 4.98 Å². The van der Waals surface area contributed by atoms with Gasteiger partial charge in [-0.1, -0.05) is 29.8 Å². The van der Waals surface area contributed by atoms with Gasteiger partial charge in [0, 0.05) is 16.9 Å². The van der Waals surface area contributed by atoms with E-state index >= 15 is 0 Å². The van der Waals surface area contributed by atoms with Gasteiger partial charge < -0.3 is 10.3 Å². The predicted octanol–water partition coefficient (Wildman–Crippen LogP) is 4.31. The van der Waals surface area contributed by atoms with E-state index in [9.17, 15) is 0 Å². The molecule has 0 aliphatic heterocycles. The Morgan fingerprint density at radius 2 is 2.00 bits per heavy atom. The van der Waals surface area contributed by atoms with E-state index in [-0.39, 0.29) is 0 Å². The number of nitrogens with one attached hydrogen (secondary N) is 2. The third-order valence-corrected chi connectivity index (χ3v) is 3.47. The van der Waals surface area contributed by atoms with Gasteiger partial charge in [-0.05, 0) is 35.7 Å². The second kappa shape index (κ2) is 5.28. The minimum Gasteiger partial charge on any atom is -0.379 e. The topological polar surface area (TPSA) is 51.6 Å². The van der Waals surface area contributed by atoms with Gasteiger partial charge in [-0.3, -0.25) is 0 Å². The molecule has 98 valence electrons. The van der Waals surface area contributed by atoms with E-state index in [0.29, 0.717) is 17.1 Å². The van der Waals surface area contributed by atoms with Crippen LogP contribution in [0.25, 0.3) is 10.9 Å². The summed E-state index contributed by atoms with van der Waals surface area (Å²) in [6, 6.07) is 17.7. The van der Waals surface area contributed by atoms with Crippen LogP contribution in [-0.2, 0) is 6.54 Å². The maximum atomic E-state index is 8.84. The molecule has 0 amide bonds. The summed E-state index contributed by atoms with van der Waals surface area (Å²) in [7, 11) is 0. The zero-order valence-electron chi connectivity index (χ0n) is 10.7. The molecule has 2 aromatic carbocycles. The number of benzene rings is 2. The molecule has 0 unspecified atom stereocenters. The lowest BCUT2D eigenvalue weighted by Gasteiger charge is -2.06. The molecule has 0 saturated carbocycles. The summed E-state index contributed by atoms with van der Waals surface area (Å²) in [6.45, 7) is 0.677. The van der Waals surface area contributed by atoms with Crippen molar-refractivity contribution in [3.05, 3.63) is 64.8 Å². The molecule has 0 aliphatic rings. The van der Waals surface area contributed by atoms with E-state index in [1.165, 1.54) is 5.39 Å². The number of aromatic nitrogens is 1. The number of H-pyrrole nitrogens is 1. The van der Waals surface area contributed by atoms with Crippen molar-refractivity contribution < 1.29 is 0 Å². The molecular weight excluding hydrogens is 270 g/mol. The highest BCUT2D eigenvalue weighted by Crippen LogP contribution is 2.21. The van der Waals surface area contributed by atoms with Crippen molar-refractivity contribution in [2.75, 3.05) is 5.32 Å². The van der Waals surface area contributed by atoms with Crippen LogP contribution in [0.15, 0.2) is 48.5 Å². The molecule has 3 aromatic rings. The molecule has 3 rings (SSSR count). The fourth-order valence-corrected chi connectivity index (χ4v) is 2.36. The number of fused-ring (bicyclic) bond motifs is 1. The van der Waals surface area contributed by atoms with E-state index in [0.717, 1.165) is 16.9 Å². The Morgan fingerprint density at radius 1 is 1.15 bits per heavy atom. The van der Waals surface area contributed by atoms with Crippen LogP contribution in [0.5, 0.6) is 0 Å². The van der Waals surface area contributed by atoms with Crippen LogP contribution >= 0.6 is 11.6 Å². The van der Waals surface area contributed by atoms with Gasteiger partial charge in [-0.2, -0.15) is 5.26 Å². The van der Waals surface area contributed by atoms with E-state index < -0.39 is 0 Å². The van der Waals surface area contributed by atoms with Crippen molar-refractivity contribution in [3.63, 3.8) is 0 Å². The van der Waals surface area contributed by atoms with Gasteiger partial charge in [0.05, 0.1) is 17.1 Å². The second-order valence-corrected chi connectivity index (χ2v) is 4.95. The van der Waals surface area contributed by atoms with Gasteiger partial charge >= 0.3 is 0 Å². The third kappa shape index (κ3) is 2.47. The van der Waals surface area contributed by atoms with Crippen LogP contribution in [0, 0.1) is 11.3 Å². The first-order chi connectivity index (χ1) is 9.76. The maximum Gasteiger partial charge on any atom is 0.101 e. The van der Waals surface area contributed by atoms with Gasteiger partial charge in [0.25, 0.3) is 0 Å². The Labute approximate surface area is 121 Å². The molecule has 4 heteroatoms. The Balaban J connectivity index is 1.76. The largest absolute Gasteiger partial charge is 0.379 e. The molecule has 20 heavy (non-hydrogen) atoms. The summed E-state index contributed by atoms with van der Waals surface area (Å²) in [6.07, 6.45) is 0. The second-order valence-electron chi connectivity index (χ2n) is 4.54. The van der Waals surface area contributed by atoms with Crippen LogP contribution in [0.1, 0.15) is 11.3 Å². The molecule has 0 fully saturated rings. The normalized spacial score (nSPS) is 10.4. The van der Waals surface area contributed by atoms with Crippen LogP contribution in [-0.4, -0.2) is 4.98 Å². The summed E-state index contributed by atoms with van der Waals surface area (Å²) < 4.78 is 0. The molecule has 1 aromatic heterocycles. The minimum absolute atomic E-state index is 0.467. The van der Waals surface area contributed by atoms with Crippen LogP contribution in [0.3, 0.4) is 0 Å². The molecule has 0 radical (unpaired) electrons. The molecule has 1 heterocycles. The minimum atomic E-state index is 0.467. The number of hydrogen-bond acceptors (Lipinski definition) is 2. The zero-order chi connectivity index (χ0) is 13.9. The number of nitrogens with zero attached hydrogens (tertiary/aromatic N) is 1. The number of anilines is 1.